The number of aryl methyl sites for hydroxylation is 1. The van der Waals surface area contributed by atoms with E-state index in [1.54, 1.807) is 25.1 Å². The average molecular weight is 557 g/mol. The number of para-hydroxylation sites is 1. The minimum Gasteiger partial charge on any atom is -0.618 e. The number of hydrogen-bond donors (Lipinski definition) is 2. The number of fused-ring (bicyclic) bond motifs is 1. The third kappa shape index (κ3) is 5.81. The molecule has 2 atom stereocenters. The predicted octanol–water partition coefficient (Wildman–Crippen LogP) is 2.06. The summed E-state index contributed by atoms with van der Waals surface area (Å²) in [6.07, 6.45) is 1.60. The van der Waals surface area contributed by atoms with Crippen LogP contribution in [0.4, 0.5) is 0 Å². The number of Topliss-reactive ketones (excluding diaryl/α,β-unsaturated/α-hetero) is 1. The van der Waals surface area contributed by atoms with Gasteiger partial charge in [0.25, 0.3) is 11.8 Å². The molecule has 3 heterocycles. The number of rotatable bonds is 8. The van der Waals surface area contributed by atoms with E-state index in [-0.39, 0.29) is 35.8 Å². The van der Waals surface area contributed by atoms with Gasteiger partial charge in [-0.05, 0) is 50.8 Å². The Kier molecular flexibility index (Phi) is 8.36. The zero-order chi connectivity index (χ0) is 28.3. The quantitative estimate of drug-likeness (QED) is 0.316. The normalized spacial score (nSPS) is 17.1. The maximum Gasteiger partial charge on any atom is 0.329 e. The van der Waals surface area contributed by atoms with Gasteiger partial charge in [0.2, 0.25) is 0 Å². The number of furan rings is 1. The second-order valence-electron chi connectivity index (χ2n) is 10.0. The third-order valence-corrected chi connectivity index (χ3v) is 8.47. The highest BCUT2D eigenvalue weighted by Crippen LogP contribution is 2.26. The van der Waals surface area contributed by atoms with Crippen LogP contribution >= 0.6 is 0 Å². The molecular formula is C27H32N4O7S. The number of nitrogens with one attached hydrogen (secondary N) is 2. The van der Waals surface area contributed by atoms with Crippen LogP contribution in [0.3, 0.4) is 0 Å². The molecule has 1 aromatic carbocycles. The molecule has 1 aliphatic heterocycles. The second kappa shape index (κ2) is 11.5. The maximum atomic E-state index is 14.1. The molecule has 2 aromatic heterocycles. The van der Waals surface area contributed by atoms with Crippen molar-refractivity contribution in [3.8, 4) is 0 Å². The first-order valence-corrected chi connectivity index (χ1v) is 14.2. The molecule has 3 aromatic rings. The zero-order valence-electron chi connectivity index (χ0n) is 22.0. The van der Waals surface area contributed by atoms with Crippen molar-refractivity contribution in [1.82, 2.24) is 14.9 Å². The SMILES string of the molecule is Cc1c(C(=O)NC(CC(C)C)C(=O)N([C@H]2CCCNCC2=O)S(=O)(=O)c2cccc[n+]2[O-])oc2ccccc12. The van der Waals surface area contributed by atoms with Gasteiger partial charge in [0.15, 0.2) is 17.7 Å². The van der Waals surface area contributed by atoms with Crippen molar-refractivity contribution in [3.63, 3.8) is 0 Å². The van der Waals surface area contributed by atoms with Crippen LogP contribution in [0.5, 0.6) is 0 Å². The number of aromatic nitrogens is 1. The number of pyridine rings is 1. The molecule has 0 spiro atoms. The maximum absolute atomic E-state index is 14.1. The number of hydrogen-bond acceptors (Lipinski definition) is 8. The standard InChI is InChI=1S/C27H32N4O7S/c1-17(2)15-20(29-26(33)25-18(3)19-9-4-5-11-23(19)38-25)27(34)31(21-10-8-13-28-16-22(21)32)39(36,37)24-12-6-7-14-30(24)35/h4-7,9,11-12,14,17,20-21,28H,8,10,13,15-16H2,1-3H3,(H,29,33)/t20?,21-/m0/s1. The molecule has 0 bridgehead atoms. The second-order valence-corrected chi connectivity index (χ2v) is 11.8. The molecule has 1 aliphatic rings. The Balaban J connectivity index is 1.76. The summed E-state index contributed by atoms with van der Waals surface area (Å²) >= 11 is 0. The highest BCUT2D eigenvalue weighted by atomic mass is 32.2. The molecule has 2 amide bonds. The number of carbonyl (C=O) groups is 3. The molecule has 0 aliphatic carbocycles. The van der Waals surface area contributed by atoms with E-state index in [0.717, 1.165) is 17.6 Å². The minimum absolute atomic E-state index is 0.00219. The summed E-state index contributed by atoms with van der Waals surface area (Å²) in [5.74, 6) is -2.31. The molecule has 12 heteroatoms. The van der Waals surface area contributed by atoms with Crippen LogP contribution in [-0.2, 0) is 19.6 Å². The van der Waals surface area contributed by atoms with Gasteiger partial charge in [0.1, 0.15) is 17.7 Å². The van der Waals surface area contributed by atoms with E-state index >= 15 is 0 Å². The van der Waals surface area contributed by atoms with Crippen molar-refractivity contribution in [2.75, 3.05) is 13.1 Å². The smallest absolute Gasteiger partial charge is 0.329 e. The first-order valence-electron chi connectivity index (χ1n) is 12.8. The van der Waals surface area contributed by atoms with Gasteiger partial charge < -0.3 is 20.3 Å². The predicted molar refractivity (Wildman–Crippen MR) is 142 cm³/mol. The van der Waals surface area contributed by atoms with Crippen molar-refractivity contribution in [2.45, 2.75) is 57.1 Å². The van der Waals surface area contributed by atoms with E-state index in [2.05, 4.69) is 10.6 Å². The number of nitrogens with zero attached hydrogens (tertiary/aromatic N) is 2. The summed E-state index contributed by atoms with van der Waals surface area (Å²) in [5, 5.41) is 18.1. The van der Waals surface area contributed by atoms with Crippen molar-refractivity contribution in [3.05, 3.63) is 65.2 Å². The van der Waals surface area contributed by atoms with Crippen LogP contribution in [0, 0.1) is 18.0 Å². The zero-order valence-corrected chi connectivity index (χ0v) is 22.9. The van der Waals surface area contributed by atoms with E-state index in [0.29, 0.717) is 28.4 Å². The van der Waals surface area contributed by atoms with E-state index in [9.17, 15) is 28.0 Å². The summed E-state index contributed by atoms with van der Waals surface area (Å²) in [5.41, 5.74) is 1.07. The summed E-state index contributed by atoms with van der Waals surface area (Å²) < 4.78 is 34.1. The Morgan fingerprint density at radius 1 is 1.21 bits per heavy atom. The van der Waals surface area contributed by atoms with Gasteiger partial charge in [-0.25, -0.2) is 4.31 Å². The average Bonchev–Trinajstić information content (AvgIpc) is 3.09. The van der Waals surface area contributed by atoms with Crippen molar-refractivity contribution in [2.24, 2.45) is 5.92 Å². The molecule has 208 valence electrons. The van der Waals surface area contributed by atoms with Crippen molar-refractivity contribution < 1.29 is 31.9 Å². The van der Waals surface area contributed by atoms with Gasteiger partial charge in [-0.3, -0.25) is 14.4 Å². The Morgan fingerprint density at radius 2 is 1.92 bits per heavy atom. The topological polar surface area (TPSA) is 153 Å². The van der Waals surface area contributed by atoms with Crippen LogP contribution < -0.4 is 15.4 Å². The highest BCUT2D eigenvalue weighted by molar-refractivity contribution is 7.89. The van der Waals surface area contributed by atoms with Gasteiger partial charge in [-0.2, -0.15) is 13.1 Å². The van der Waals surface area contributed by atoms with E-state index in [1.165, 1.54) is 12.1 Å². The lowest BCUT2D eigenvalue weighted by Gasteiger charge is -2.32. The van der Waals surface area contributed by atoms with E-state index in [1.807, 2.05) is 19.9 Å². The molecule has 1 fully saturated rings. The molecule has 0 saturated carbocycles. The van der Waals surface area contributed by atoms with Gasteiger partial charge in [-0.1, -0.05) is 32.0 Å². The minimum atomic E-state index is -4.78. The summed E-state index contributed by atoms with van der Waals surface area (Å²) in [7, 11) is -4.78. The van der Waals surface area contributed by atoms with Gasteiger partial charge in [0, 0.05) is 23.1 Å². The molecular weight excluding hydrogens is 524 g/mol. The molecule has 39 heavy (non-hydrogen) atoms. The molecule has 2 N–H and O–H groups in total. The largest absolute Gasteiger partial charge is 0.618 e. The van der Waals surface area contributed by atoms with Crippen LogP contribution in [-0.4, -0.2) is 55.5 Å². The summed E-state index contributed by atoms with van der Waals surface area (Å²) in [6.45, 7) is 5.70. The lowest BCUT2D eigenvalue weighted by Crippen LogP contribution is -2.58. The fourth-order valence-electron chi connectivity index (χ4n) is 4.77. The highest BCUT2D eigenvalue weighted by Gasteiger charge is 2.45. The fourth-order valence-corrected chi connectivity index (χ4v) is 6.44. The molecule has 4 rings (SSSR count). The lowest BCUT2D eigenvalue weighted by atomic mass is 10.0. The first kappa shape index (κ1) is 28.2. The Labute approximate surface area is 226 Å². The Hall–Kier alpha value is -3.77. The number of benzene rings is 1. The fraction of sp³-hybridized carbons (Fsp3) is 0.407. The van der Waals surface area contributed by atoms with Crippen LogP contribution in [0.1, 0.15) is 49.2 Å². The number of carbonyl (C=O) groups excluding carboxylic acids is 3. The number of ketones is 1. The van der Waals surface area contributed by atoms with Crippen LogP contribution in [0.25, 0.3) is 11.0 Å². The summed E-state index contributed by atoms with van der Waals surface area (Å²) in [4.78, 5) is 40.5. The van der Waals surface area contributed by atoms with Gasteiger partial charge in [0.05, 0.1) is 6.54 Å². The number of sulfonamides is 1. The monoisotopic (exact) mass is 556 g/mol. The van der Waals surface area contributed by atoms with E-state index < -0.39 is 44.7 Å². The van der Waals surface area contributed by atoms with Gasteiger partial charge >= 0.3 is 15.0 Å². The third-order valence-electron chi connectivity index (χ3n) is 6.67. The van der Waals surface area contributed by atoms with Crippen LogP contribution in [0.15, 0.2) is 58.1 Å². The van der Waals surface area contributed by atoms with Crippen molar-refractivity contribution in [1.29, 1.82) is 0 Å². The molecule has 1 saturated heterocycles. The molecule has 0 radical (unpaired) electrons. The Morgan fingerprint density at radius 3 is 2.62 bits per heavy atom. The van der Waals surface area contributed by atoms with Crippen LogP contribution in [0.2, 0.25) is 0 Å². The lowest BCUT2D eigenvalue weighted by molar-refractivity contribution is -0.646. The number of amides is 2. The van der Waals surface area contributed by atoms with Gasteiger partial charge in [-0.15, -0.1) is 0 Å². The Bertz CT molecular complexity index is 1500. The molecule has 11 nitrogen and oxygen atoms in total. The first-order chi connectivity index (χ1) is 18.5. The molecule has 1 unspecified atom stereocenters. The van der Waals surface area contributed by atoms with E-state index in [4.69, 9.17) is 4.42 Å². The van der Waals surface area contributed by atoms with Crippen molar-refractivity contribution >= 4 is 38.6 Å². The summed E-state index contributed by atoms with van der Waals surface area (Å²) in [6, 6.07) is 8.25.